The highest BCUT2D eigenvalue weighted by Gasteiger charge is 2.13. The second-order valence-electron chi connectivity index (χ2n) is 6.20. The Labute approximate surface area is 165 Å². The van der Waals surface area contributed by atoms with Gasteiger partial charge in [-0.15, -0.1) is 0 Å². The predicted molar refractivity (Wildman–Crippen MR) is 106 cm³/mol. The van der Waals surface area contributed by atoms with Crippen LogP contribution in [0.5, 0.6) is 5.75 Å². The van der Waals surface area contributed by atoms with Crippen LogP contribution in [-0.4, -0.2) is 13.1 Å². The van der Waals surface area contributed by atoms with Crippen LogP contribution in [0.1, 0.15) is 23.1 Å². The van der Waals surface area contributed by atoms with Gasteiger partial charge in [0.25, 0.3) is 0 Å². The summed E-state index contributed by atoms with van der Waals surface area (Å²) in [5.74, 6) is 0.299. The Hall–Kier alpha value is -2.60. The highest BCUT2D eigenvalue weighted by molar-refractivity contribution is 9.10. The van der Waals surface area contributed by atoms with E-state index in [1.54, 1.807) is 6.07 Å². The Balaban J connectivity index is 1.94. The molecule has 6 heteroatoms. The Morgan fingerprint density at radius 2 is 1.89 bits per heavy atom. The lowest BCUT2D eigenvalue weighted by atomic mass is 10.0. The van der Waals surface area contributed by atoms with Crippen molar-refractivity contribution < 1.29 is 18.7 Å². The zero-order valence-electron chi connectivity index (χ0n) is 15.1. The number of hydrogen-bond acceptors (Lipinski definition) is 5. The molecule has 0 aliphatic heterocycles. The van der Waals surface area contributed by atoms with Crippen LogP contribution in [0, 0.1) is 6.92 Å². The molecule has 0 aliphatic rings. The van der Waals surface area contributed by atoms with E-state index in [2.05, 4.69) is 15.9 Å². The lowest BCUT2D eigenvalue weighted by Crippen LogP contribution is -2.05. The summed E-state index contributed by atoms with van der Waals surface area (Å²) in [5.41, 5.74) is 2.75. The normalized spacial score (nSPS) is 10.8. The van der Waals surface area contributed by atoms with E-state index in [1.165, 1.54) is 13.2 Å². The minimum Gasteiger partial charge on any atom is -0.488 e. The van der Waals surface area contributed by atoms with Crippen molar-refractivity contribution in [2.45, 2.75) is 26.4 Å². The van der Waals surface area contributed by atoms with E-state index in [4.69, 9.17) is 13.9 Å². The molecule has 27 heavy (non-hydrogen) atoms. The zero-order valence-corrected chi connectivity index (χ0v) is 16.7. The molecule has 1 aromatic heterocycles. The van der Waals surface area contributed by atoms with E-state index in [-0.39, 0.29) is 12.4 Å². The second kappa shape index (κ2) is 8.39. The fourth-order valence-corrected chi connectivity index (χ4v) is 3.07. The van der Waals surface area contributed by atoms with Crippen molar-refractivity contribution in [3.8, 4) is 5.75 Å². The summed E-state index contributed by atoms with van der Waals surface area (Å²) in [6.45, 7) is 2.21. The average molecular weight is 431 g/mol. The third-order valence-corrected chi connectivity index (χ3v) is 4.79. The monoisotopic (exact) mass is 430 g/mol. The van der Waals surface area contributed by atoms with E-state index in [0.29, 0.717) is 24.4 Å². The van der Waals surface area contributed by atoms with Crippen molar-refractivity contribution >= 4 is 32.9 Å². The Morgan fingerprint density at radius 1 is 1.15 bits per heavy atom. The minimum absolute atomic E-state index is 0.243. The average Bonchev–Trinajstić information content (AvgIpc) is 2.65. The number of benzene rings is 2. The van der Waals surface area contributed by atoms with E-state index in [9.17, 15) is 9.59 Å². The third-order valence-electron chi connectivity index (χ3n) is 4.27. The van der Waals surface area contributed by atoms with Gasteiger partial charge < -0.3 is 13.9 Å². The molecule has 0 N–H and O–H groups in total. The molecular weight excluding hydrogens is 412 g/mol. The van der Waals surface area contributed by atoms with E-state index >= 15 is 0 Å². The van der Waals surface area contributed by atoms with Crippen molar-refractivity contribution in [3.63, 3.8) is 0 Å². The number of ether oxygens (including phenoxy) is 2. The predicted octanol–water partition coefficient (Wildman–Crippen LogP) is 4.55. The van der Waals surface area contributed by atoms with Gasteiger partial charge in [0, 0.05) is 28.4 Å². The molecule has 140 valence electrons. The SMILES string of the molecule is COC(=O)CCc1cc2c(C)cc(=O)oc2cc1OCc1ccc(Br)cc1. The number of methoxy groups -OCH3 is 1. The number of rotatable bonds is 6. The topological polar surface area (TPSA) is 65.7 Å². The molecule has 0 atom stereocenters. The van der Waals surface area contributed by atoms with Crippen LogP contribution >= 0.6 is 15.9 Å². The summed E-state index contributed by atoms with van der Waals surface area (Å²) in [6.07, 6.45) is 0.712. The number of halogens is 1. The van der Waals surface area contributed by atoms with Crippen molar-refractivity contribution in [1.29, 1.82) is 0 Å². The van der Waals surface area contributed by atoms with E-state index in [1.807, 2.05) is 37.3 Å². The Morgan fingerprint density at radius 3 is 2.59 bits per heavy atom. The summed E-state index contributed by atoms with van der Waals surface area (Å²) < 4.78 is 17.0. The van der Waals surface area contributed by atoms with Crippen molar-refractivity contribution in [2.24, 2.45) is 0 Å². The Bertz CT molecular complexity index is 1020. The van der Waals surface area contributed by atoms with Crippen LogP contribution in [0.2, 0.25) is 0 Å². The summed E-state index contributed by atoms with van der Waals surface area (Å²) in [7, 11) is 1.37. The van der Waals surface area contributed by atoms with Gasteiger partial charge in [0.05, 0.1) is 7.11 Å². The number of hydrogen-bond donors (Lipinski definition) is 0. The molecule has 2 aromatic carbocycles. The second-order valence-corrected chi connectivity index (χ2v) is 7.11. The first-order chi connectivity index (χ1) is 13.0. The van der Waals surface area contributed by atoms with Crippen LogP contribution in [0.15, 0.2) is 56.1 Å². The number of carbonyl (C=O) groups is 1. The van der Waals surface area contributed by atoms with Gasteiger partial charge in [0.1, 0.15) is 17.9 Å². The lowest BCUT2D eigenvalue weighted by molar-refractivity contribution is -0.140. The first kappa shape index (κ1) is 19.2. The van der Waals surface area contributed by atoms with Crippen molar-refractivity contribution in [3.05, 3.63) is 74.0 Å². The van der Waals surface area contributed by atoms with Crippen LogP contribution in [-0.2, 0) is 22.6 Å². The number of aryl methyl sites for hydroxylation is 2. The smallest absolute Gasteiger partial charge is 0.336 e. The highest BCUT2D eigenvalue weighted by Crippen LogP contribution is 2.29. The molecule has 5 nitrogen and oxygen atoms in total. The molecule has 0 bridgehead atoms. The van der Waals surface area contributed by atoms with Crippen LogP contribution < -0.4 is 10.4 Å². The third kappa shape index (κ3) is 4.77. The van der Waals surface area contributed by atoms with Crippen LogP contribution in [0.25, 0.3) is 11.0 Å². The largest absolute Gasteiger partial charge is 0.488 e. The summed E-state index contributed by atoms with van der Waals surface area (Å²) in [5, 5.41) is 0.824. The fraction of sp³-hybridized carbons (Fsp3) is 0.238. The molecule has 1 heterocycles. The zero-order chi connectivity index (χ0) is 19.4. The summed E-state index contributed by atoms with van der Waals surface area (Å²) >= 11 is 3.41. The first-order valence-electron chi connectivity index (χ1n) is 8.47. The van der Waals surface area contributed by atoms with Crippen LogP contribution in [0.3, 0.4) is 0 Å². The molecule has 0 fully saturated rings. The van der Waals surface area contributed by atoms with E-state index < -0.39 is 5.63 Å². The minimum atomic E-state index is -0.402. The van der Waals surface area contributed by atoms with Gasteiger partial charge in [-0.1, -0.05) is 28.1 Å². The van der Waals surface area contributed by atoms with Gasteiger partial charge in [-0.25, -0.2) is 4.79 Å². The molecule has 0 saturated carbocycles. The van der Waals surface area contributed by atoms with Gasteiger partial charge in [0.2, 0.25) is 0 Å². The molecule has 3 rings (SSSR count). The Kier molecular flexibility index (Phi) is 5.96. The summed E-state index contributed by atoms with van der Waals surface area (Å²) in [4.78, 5) is 23.2. The first-order valence-corrected chi connectivity index (χ1v) is 9.27. The summed E-state index contributed by atoms with van der Waals surface area (Å²) in [6, 6.07) is 12.9. The maximum atomic E-state index is 11.7. The maximum absolute atomic E-state index is 11.7. The highest BCUT2D eigenvalue weighted by atomic mass is 79.9. The molecule has 3 aromatic rings. The molecule has 0 unspecified atom stereocenters. The standard InChI is InChI=1S/C21H19BrO5/c1-13-9-21(24)27-19-11-18(26-12-14-3-6-16(22)7-4-14)15(10-17(13)19)5-8-20(23)25-2/h3-4,6-7,9-11H,5,8,12H2,1-2H3. The number of esters is 1. The molecular formula is C21H19BrO5. The van der Waals surface area contributed by atoms with Gasteiger partial charge in [-0.05, 0) is 48.2 Å². The molecule has 0 amide bonds. The van der Waals surface area contributed by atoms with Gasteiger partial charge in [-0.3, -0.25) is 4.79 Å². The fourth-order valence-electron chi connectivity index (χ4n) is 2.80. The molecule has 0 radical (unpaired) electrons. The molecule has 0 saturated heterocycles. The van der Waals surface area contributed by atoms with Crippen molar-refractivity contribution in [1.82, 2.24) is 0 Å². The van der Waals surface area contributed by atoms with Gasteiger partial charge in [-0.2, -0.15) is 0 Å². The maximum Gasteiger partial charge on any atom is 0.336 e. The van der Waals surface area contributed by atoms with Crippen LogP contribution in [0.4, 0.5) is 0 Å². The number of carbonyl (C=O) groups excluding carboxylic acids is 1. The van der Waals surface area contributed by atoms with E-state index in [0.717, 1.165) is 26.5 Å². The molecule has 0 aliphatic carbocycles. The molecule has 0 spiro atoms. The van der Waals surface area contributed by atoms with Gasteiger partial charge >= 0.3 is 11.6 Å². The van der Waals surface area contributed by atoms with Crippen molar-refractivity contribution in [2.75, 3.05) is 7.11 Å². The quantitative estimate of drug-likeness (QED) is 0.423. The lowest BCUT2D eigenvalue weighted by Gasteiger charge is -2.13. The number of fused-ring (bicyclic) bond motifs is 1. The van der Waals surface area contributed by atoms with Gasteiger partial charge in [0.15, 0.2) is 0 Å².